The minimum absolute atomic E-state index is 0.153. The summed E-state index contributed by atoms with van der Waals surface area (Å²) in [6.45, 7) is 4.17. The number of esters is 1. The molecule has 156 valence electrons. The van der Waals surface area contributed by atoms with Crippen molar-refractivity contribution in [2.24, 2.45) is 0 Å². The SMILES string of the molecule is CCOC(=O)COc1cc(C)c2c(c1)O/C(=C\c1cc(Br)cc3c1OCOC3)C2=O. The number of hydrogen-bond acceptors (Lipinski definition) is 7. The lowest BCUT2D eigenvalue weighted by Crippen LogP contribution is -2.14. The van der Waals surface area contributed by atoms with Gasteiger partial charge in [-0.3, -0.25) is 4.79 Å². The van der Waals surface area contributed by atoms with Crippen LogP contribution in [0.5, 0.6) is 17.2 Å². The quantitative estimate of drug-likeness (QED) is 0.474. The third kappa shape index (κ3) is 4.06. The molecule has 2 aromatic rings. The molecule has 0 saturated carbocycles. The van der Waals surface area contributed by atoms with Crippen molar-refractivity contribution in [3.8, 4) is 17.2 Å². The van der Waals surface area contributed by atoms with Gasteiger partial charge in [-0.15, -0.1) is 0 Å². The number of ether oxygens (including phenoxy) is 5. The molecule has 4 rings (SSSR count). The molecule has 2 aliphatic heterocycles. The number of fused-ring (bicyclic) bond motifs is 2. The highest BCUT2D eigenvalue weighted by Gasteiger charge is 2.31. The smallest absolute Gasteiger partial charge is 0.344 e. The zero-order valence-electron chi connectivity index (χ0n) is 16.5. The Morgan fingerprint density at radius 1 is 1.27 bits per heavy atom. The molecule has 7 nitrogen and oxygen atoms in total. The van der Waals surface area contributed by atoms with E-state index in [1.54, 1.807) is 32.1 Å². The standard InChI is InChI=1S/C22H19BrO7/c1-3-27-19(24)10-28-16-4-12(2)20-17(8-16)30-18(21(20)25)7-13-5-15(23)6-14-9-26-11-29-22(13)14/h4-8H,3,9-11H2,1-2H3/b18-7-. The second-order valence-corrected chi connectivity index (χ2v) is 7.66. The summed E-state index contributed by atoms with van der Waals surface area (Å²) >= 11 is 3.47. The van der Waals surface area contributed by atoms with Gasteiger partial charge in [0.25, 0.3) is 0 Å². The molecule has 0 saturated heterocycles. The van der Waals surface area contributed by atoms with Crippen LogP contribution in [0.1, 0.15) is 34.0 Å². The number of allylic oxidation sites excluding steroid dienone is 1. The van der Waals surface area contributed by atoms with Gasteiger partial charge >= 0.3 is 5.97 Å². The van der Waals surface area contributed by atoms with Gasteiger partial charge in [-0.05, 0) is 43.7 Å². The molecule has 0 amide bonds. The zero-order valence-corrected chi connectivity index (χ0v) is 18.0. The van der Waals surface area contributed by atoms with Gasteiger partial charge in [0, 0.05) is 21.7 Å². The lowest BCUT2D eigenvalue weighted by Gasteiger charge is -2.20. The van der Waals surface area contributed by atoms with Crippen molar-refractivity contribution < 1.29 is 33.3 Å². The summed E-state index contributed by atoms with van der Waals surface area (Å²) in [5, 5.41) is 0. The van der Waals surface area contributed by atoms with Crippen LogP contribution >= 0.6 is 15.9 Å². The van der Waals surface area contributed by atoms with Crippen molar-refractivity contribution in [1.82, 2.24) is 0 Å². The molecule has 0 bridgehead atoms. The molecule has 0 N–H and O–H groups in total. The number of aryl methyl sites for hydroxylation is 1. The second-order valence-electron chi connectivity index (χ2n) is 6.74. The van der Waals surface area contributed by atoms with Gasteiger partial charge in [-0.1, -0.05) is 15.9 Å². The van der Waals surface area contributed by atoms with Gasteiger partial charge in [0.15, 0.2) is 19.2 Å². The molecule has 2 aliphatic rings. The summed E-state index contributed by atoms with van der Waals surface area (Å²) in [6, 6.07) is 7.07. The van der Waals surface area contributed by atoms with Crippen LogP contribution in [-0.2, 0) is 20.9 Å². The Kier molecular flexibility index (Phi) is 5.78. The van der Waals surface area contributed by atoms with Crippen molar-refractivity contribution in [2.75, 3.05) is 20.0 Å². The fraction of sp³-hybridized carbons (Fsp3) is 0.273. The fourth-order valence-electron chi connectivity index (χ4n) is 3.36. The maximum absolute atomic E-state index is 13.0. The first-order valence-corrected chi connectivity index (χ1v) is 10.2. The highest BCUT2D eigenvalue weighted by Crippen LogP contribution is 2.39. The number of carbonyl (C=O) groups is 2. The number of halogens is 1. The van der Waals surface area contributed by atoms with E-state index >= 15 is 0 Å². The summed E-state index contributed by atoms with van der Waals surface area (Å²) in [7, 11) is 0. The number of hydrogen-bond donors (Lipinski definition) is 0. The van der Waals surface area contributed by atoms with Gasteiger partial charge in [0.05, 0.1) is 18.8 Å². The highest BCUT2D eigenvalue weighted by molar-refractivity contribution is 9.10. The average molecular weight is 475 g/mol. The van der Waals surface area contributed by atoms with Crippen LogP contribution in [0.2, 0.25) is 0 Å². The molecule has 0 radical (unpaired) electrons. The van der Waals surface area contributed by atoms with Crippen LogP contribution in [0.15, 0.2) is 34.5 Å². The molecule has 2 aromatic carbocycles. The normalized spacial score (nSPS) is 15.8. The van der Waals surface area contributed by atoms with E-state index < -0.39 is 5.97 Å². The molecule has 8 heteroatoms. The van der Waals surface area contributed by atoms with Crippen molar-refractivity contribution in [3.63, 3.8) is 0 Å². The summed E-state index contributed by atoms with van der Waals surface area (Å²) in [5.74, 6) is 0.981. The summed E-state index contributed by atoms with van der Waals surface area (Å²) in [6.07, 6.45) is 1.66. The number of benzene rings is 2. The van der Waals surface area contributed by atoms with Gasteiger partial charge in [-0.2, -0.15) is 0 Å². The van der Waals surface area contributed by atoms with Gasteiger partial charge in [0.1, 0.15) is 17.2 Å². The second kappa shape index (κ2) is 8.49. The Morgan fingerprint density at radius 3 is 2.90 bits per heavy atom. The lowest BCUT2D eigenvalue weighted by molar-refractivity contribution is -0.145. The van der Waals surface area contributed by atoms with Gasteiger partial charge < -0.3 is 23.7 Å². The van der Waals surface area contributed by atoms with E-state index in [0.29, 0.717) is 35.0 Å². The van der Waals surface area contributed by atoms with Crippen molar-refractivity contribution in [2.45, 2.75) is 20.5 Å². The Hall–Kier alpha value is -2.84. The van der Waals surface area contributed by atoms with E-state index in [9.17, 15) is 9.59 Å². The van der Waals surface area contributed by atoms with Crippen LogP contribution < -0.4 is 14.2 Å². The van der Waals surface area contributed by atoms with E-state index in [1.165, 1.54) is 0 Å². The average Bonchev–Trinajstić information content (AvgIpc) is 3.02. The fourth-order valence-corrected chi connectivity index (χ4v) is 3.89. The summed E-state index contributed by atoms with van der Waals surface area (Å²) < 4.78 is 28.0. The Bertz CT molecular complexity index is 1060. The van der Waals surface area contributed by atoms with Gasteiger partial charge in [0.2, 0.25) is 5.78 Å². The molecule has 0 spiro atoms. The predicted octanol–water partition coefficient (Wildman–Crippen LogP) is 4.18. The Morgan fingerprint density at radius 2 is 2.10 bits per heavy atom. The molecule has 0 unspecified atom stereocenters. The zero-order chi connectivity index (χ0) is 21.3. The van der Waals surface area contributed by atoms with Crippen LogP contribution in [-0.4, -0.2) is 31.8 Å². The van der Waals surface area contributed by atoms with Crippen LogP contribution in [0, 0.1) is 6.92 Å². The molecule has 30 heavy (non-hydrogen) atoms. The van der Waals surface area contributed by atoms with Crippen molar-refractivity contribution >= 4 is 33.8 Å². The van der Waals surface area contributed by atoms with Crippen LogP contribution in [0.4, 0.5) is 0 Å². The first-order chi connectivity index (χ1) is 14.5. The summed E-state index contributed by atoms with van der Waals surface area (Å²) in [4.78, 5) is 24.5. The Balaban J connectivity index is 1.62. The summed E-state index contributed by atoms with van der Waals surface area (Å²) in [5.41, 5.74) is 2.77. The largest absolute Gasteiger partial charge is 0.482 e. The van der Waals surface area contributed by atoms with Crippen molar-refractivity contribution in [3.05, 3.63) is 56.8 Å². The molecule has 0 aromatic heterocycles. The molecule has 0 fully saturated rings. The minimum Gasteiger partial charge on any atom is -0.482 e. The first-order valence-electron chi connectivity index (χ1n) is 9.36. The lowest BCUT2D eigenvalue weighted by atomic mass is 10.0. The van der Waals surface area contributed by atoms with E-state index in [2.05, 4.69) is 15.9 Å². The molecule has 2 heterocycles. The monoisotopic (exact) mass is 474 g/mol. The van der Waals surface area contributed by atoms with E-state index in [4.69, 9.17) is 23.7 Å². The molecule has 0 atom stereocenters. The Labute approximate surface area is 181 Å². The third-order valence-corrected chi connectivity index (χ3v) is 5.05. The van der Waals surface area contributed by atoms with E-state index in [0.717, 1.165) is 15.6 Å². The molecular formula is C22H19BrO7. The third-order valence-electron chi connectivity index (χ3n) is 4.60. The van der Waals surface area contributed by atoms with E-state index in [-0.39, 0.29) is 31.5 Å². The van der Waals surface area contributed by atoms with Crippen molar-refractivity contribution in [1.29, 1.82) is 0 Å². The van der Waals surface area contributed by atoms with Gasteiger partial charge in [-0.25, -0.2) is 4.79 Å². The first kappa shape index (κ1) is 20.4. The number of rotatable bonds is 5. The maximum Gasteiger partial charge on any atom is 0.344 e. The molecule has 0 aliphatic carbocycles. The number of carbonyl (C=O) groups excluding carboxylic acids is 2. The predicted molar refractivity (Wildman–Crippen MR) is 111 cm³/mol. The van der Waals surface area contributed by atoms with E-state index in [1.807, 2.05) is 12.1 Å². The number of Topliss-reactive ketones (excluding diaryl/α,β-unsaturated/α-hetero) is 1. The number of ketones is 1. The topological polar surface area (TPSA) is 80.3 Å². The maximum atomic E-state index is 13.0. The van der Waals surface area contributed by atoms with Crippen LogP contribution in [0.3, 0.4) is 0 Å². The highest BCUT2D eigenvalue weighted by atomic mass is 79.9. The minimum atomic E-state index is -0.461. The molecular weight excluding hydrogens is 456 g/mol. The van der Waals surface area contributed by atoms with Crippen LogP contribution in [0.25, 0.3) is 6.08 Å².